The third-order valence-corrected chi connectivity index (χ3v) is 2.92. The van der Waals surface area contributed by atoms with E-state index in [4.69, 9.17) is 16.3 Å². The molecule has 0 unspecified atom stereocenters. The summed E-state index contributed by atoms with van der Waals surface area (Å²) in [5.74, 6) is -0.00954. The number of ether oxygens (including phenoxy) is 1. The lowest BCUT2D eigenvalue weighted by molar-refractivity contribution is -0.121. The highest BCUT2D eigenvalue weighted by Crippen LogP contribution is 2.26. The van der Waals surface area contributed by atoms with Crippen LogP contribution in [0.1, 0.15) is 12.8 Å². The van der Waals surface area contributed by atoms with E-state index in [1.54, 1.807) is 18.2 Å². The second-order valence-corrected chi connectivity index (χ2v) is 4.30. The molecule has 1 aliphatic heterocycles. The van der Waals surface area contributed by atoms with Crippen LogP contribution in [0.15, 0.2) is 23.3 Å². The normalized spacial score (nSPS) is 14.4. The summed E-state index contributed by atoms with van der Waals surface area (Å²) >= 11 is 5.98. The Morgan fingerprint density at radius 2 is 2.26 bits per heavy atom. The molecule has 0 spiro atoms. The van der Waals surface area contributed by atoms with Crippen LogP contribution in [0.2, 0.25) is 5.02 Å². The topological polar surface area (TPSA) is 79.8 Å². The molecule has 0 saturated carbocycles. The van der Waals surface area contributed by atoms with Gasteiger partial charge in [0.1, 0.15) is 11.5 Å². The van der Waals surface area contributed by atoms with Gasteiger partial charge in [-0.2, -0.15) is 5.10 Å². The molecule has 100 valence electrons. The van der Waals surface area contributed by atoms with Crippen LogP contribution in [0, 0.1) is 0 Å². The van der Waals surface area contributed by atoms with E-state index in [2.05, 4.69) is 15.8 Å². The Labute approximate surface area is 114 Å². The summed E-state index contributed by atoms with van der Waals surface area (Å²) in [6.07, 6.45) is 0.553. The Kier molecular flexibility index (Phi) is 4.01. The number of nitrogens with one attached hydrogen (secondary N) is 2. The van der Waals surface area contributed by atoms with Crippen LogP contribution in [0.3, 0.4) is 0 Å². The van der Waals surface area contributed by atoms with Crippen LogP contribution in [-0.2, 0) is 9.59 Å². The van der Waals surface area contributed by atoms with Crippen molar-refractivity contribution in [1.29, 1.82) is 0 Å². The molecule has 0 fully saturated rings. The van der Waals surface area contributed by atoms with Gasteiger partial charge < -0.3 is 10.1 Å². The standard InChI is InChI=1S/C12H12ClN3O3/c1-19-7-2-3-8(13)10(6-7)14-12(18)9-4-5-11(17)16-15-9/h2-3,6H,4-5H2,1H3,(H,14,18)(H,16,17). The van der Waals surface area contributed by atoms with Crippen molar-refractivity contribution in [2.24, 2.45) is 5.10 Å². The lowest BCUT2D eigenvalue weighted by Crippen LogP contribution is -2.32. The van der Waals surface area contributed by atoms with Gasteiger partial charge in [-0.05, 0) is 12.1 Å². The summed E-state index contributed by atoms with van der Waals surface area (Å²) in [6, 6.07) is 4.93. The van der Waals surface area contributed by atoms with Crippen LogP contribution in [0.5, 0.6) is 5.75 Å². The van der Waals surface area contributed by atoms with Crippen LogP contribution < -0.4 is 15.5 Å². The zero-order valence-electron chi connectivity index (χ0n) is 10.2. The maximum Gasteiger partial charge on any atom is 0.271 e. The minimum Gasteiger partial charge on any atom is -0.497 e. The number of hydrogen-bond donors (Lipinski definition) is 2. The average molecular weight is 282 g/mol. The lowest BCUT2D eigenvalue weighted by Gasteiger charge is -2.13. The van der Waals surface area contributed by atoms with E-state index in [0.29, 0.717) is 22.9 Å². The highest BCUT2D eigenvalue weighted by atomic mass is 35.5. The first-order chi connectivity index (χ1) is 9.10. The van der Waals surface area contributed by atoms with Gasteiger partial charge in [0.2, 0.25) is 5.91 Å². The van der Waals surface area contributed by atoms with E-state index < -0.39 is 5.91 Å². The van der Waals surface area contributed by atoms with Crippen molar-refractivity contribution >= 4 is 34.8 Å². The molecular formula is C12H12ClN3O3. The van der Waals surface area contributed by atoms with Gasteiger partial charge in [-0.3, -0.25) is 9.59 Å². The third kappa shape index (κ3) is 3.23. The molecule has 0 radical (unpaired) electrons. The Morgan fingerprint density at radius 1 is 1.47 bits per heavy atom. The second-order valence-electron chi connectivity index (χ2n) is 3.89. The monoisotopic (exact) mass is 281 g/mol. The Hall–Kier alpha value is -2.08. The second kappa shape index (κ2) is 5.71. The number of nitrogens with zero attached hydrogens (tertiary/aromatic N) is 1. The first-order valence-corrected chi connectivity index (χ1v) is 5.98. The molecule has 0 saturated heterocycles. The molecule has 1 aromatic rings. The number of amides is 2. The van der Waals surface area contributed by atoms with Gasteiger partial charge in [0.05, 0.1) is 17.8 Å². The molecule has 0 aliphatic carbocycles. The maximum absolute atomic E-state index is 11.9. The fourth-order valence-corrected chi connectivity index (χ4v) is 1.72. The number of carbonyl (C=O) groups is 2. The van der Waals surface area contributed by atoms with Gasteiger partial charge in [-0.15, -0.1) is 0 Å². The van der Waals surface area contributed by atoms with Gasteiger partial charge in [0.15, 0.2) is 0 Å². The van der Waals surface area contributed by atoms with Gasteiger partial charge in [-0.1, -0.05) is 11.6 Å². The van der Waals surface area contributed by atoms with Gasteiger partial charge in [0, 0.05) is 18.9 Å². The van der Waals surface area contributed by atoms with Crippen molar-refractivity contribution < 1.29 is 14.3 Å². The molecule has 2 rings (SSSR count). The molecule has 0 aromatic heterocycles. The molecule has 19 heavy (non-hydrogen) atoms. The maximum atomic E-state index is 11.9. The van der Waals surface area contributed by atoms with Crippen molar-refractivity contribution in [2.75, 3.05) is 12.4 Å². The van der Waals surface area contributed by atoms with Crippen molar-refractivity contribution in [3.63, 3.8) is 0 Å². The van der Waals surface area contributed by atoms with E-state index in [1.165, 1.54) is 7.11 Å². The minimum atomic E-state index is -0.393. The zero-order chi connectivity index (χ0) is 13.8. The molecular weight excluding hydrogens is 270 g/mol. The predicted octanol–water partition coefficient (Wildman–Crippen LogP) is 1.55. The fourth-order valence-electron chi connectivity index (χ4n) is 1.56. The molecule has 6 nitrogen and oxygen atoms in total. The quantitative estimate of drug-likeness (QED) is 0.882. The number of hydrazone groups is 1. The van der Waals surface area contributed by atoms with Crippen LogP contribution >= 0.6 is 11.6 Å². The van der Waals surface area contributed by atoms with Gasteiger partial charge >= 0.3 is 0 Å². The van der Waals surface area contributed by atoms with E-state index >= 15 is 0 Å². The SMILES string of the molecule is COc1ccc(Cl)c(NC(=O)C2=NNC(=O)CC2)c1. The number of carbonyl (C=O) groups excluding carboxylic acids is 2. The molecule has 7 heteroatoms. The Balaban J connectivity index is 2.12. The number of rotatable bonds is 3. The van der Waals surface area contributed by atoms with Gasteiger partial charge in [0.25, 0.3) is 5.91 Å². The predicted molar refractivity (Wildman–Crippen MR) is 71.4 cm³/mol. The summed E-state index contributed by atoms with van der Waals surface area (Å²) in [7, 11) is 1.52. The molecule has 1 aromatic carbocycles. The number of halogens is 1. The van der Waals surface area contributed by atoms with E-state index in [9.17, 15) is 9.59 Å². The summed E-state index contributed by atoms with van der Waals surface area (Å²) in [6.45, 7) is 0. The summed E-state index contributed by atoms with van der Waals surface area (Å²) in [5.41, 5.74) is 2.96. The van der Waals surface area contributed by atoms with E-state index in [1.807, 2.05) is 0 Å². The number of hydrogen-bond acceptors (Lipinski definition) is 4. The molecule has 1 aliphatic rings. The molecule has 0 bridgehead atoms. The van der Waals surface area contributed by atoms with Crippen LogP contribution in [0.25, 0.3) is 0 Å². The van der Waals surface area contributed by atoms with Crippen LogP contribution in [0.4, 0.5) is 5.69 Å². The van der Waals surface area contributed by atoms with E-state index in [0.717, 1.165) is 0 Å². The first-order valence-electron chi connectivity index (χ1n) is 5.60. The molecule has 2 amide bonds. The molecule has 2 N–H and O–H groups in total. The average Bonchev–Trinajstić information content (AvgIpc) is 2.42. The van der Waals surface area contributed by atoms with Crippen LogP contribution in [-0.4, -0.2) is 24.6 Å². The van der Waals surface area contributed by atoms with Crippen molar-refractivity contribution in [3.8, 4) is 5.75 Å². The first kappa shape index (κ1) is 13.4. The highest BCUT2D eigenvalue weighted by molar-refractivity contribution is 6.44. The van der Waals surface area contributed by atoms with Crippen molar-refractivity contribution in [2.45, 2.75) is 12.8 Å². The van der Waals surface area contributed by atoms with Crippen molar-refractivity contribution in [3.05, 3.63) is 23.2 Å². The fraction of sp³-hybridized carbons (Fsp3) is 0.250. The summed E-state index contributed by atoms with van der Waals surface area (Å²) in [4.78, 5) is 22.9. The number of methoxy groups -OCH3 is 1. The molecule has 0 atom stereocenters. The Morgan fingerprint density at radius 3 is 2.89 bits per heavy atom. The smallest absolute Gasteiger partial charge is 0.271 e. The lowest BCUT2D eigenvalue weighted by atomic mass is 10.1. The minimum absolute atomic E-state index is 0.198. The van der Waals surface area contributed by atoms with E-state index in [-0.39, 0.29) is 18.0 Å². The largest absolute Gasteiger partial charge is 0.497 e. The summed E-state index contributed by atoms with van der Waals surface area (Å²) in [5, 5.41) is 6.74. The molecule has 1 heterocycles. The Bertz CT molecular complexity index is 557. The van der Waals surface area contributed by atoms with Gasteiger partial charge in [-0.25, -0.2) is 5.43 Å². The summed E-state index contributed by atoms with van der Waals surface area (Å²) < 4.78 is 5.05. The number of benzene rings is 1. The van der Waals surface area contributed by atoms with Crippen molar-refractivity contribution in [1.82, 2.24) is 5.43 Å². The third-order valence-electron chi connectivity index (χ3n) is 2.59. The highest BCUT2D eigenvalue weighted by Gasteiger charge is 2.19. The number of anilines is 1. The zero-order valence-corrected chi connectivity index (χ0v) is 11.0.